The molecule has 5 heteroatoms. The van der Waals surface area contributed by atoms with Gasteiger partial charge in [0.1, 0.15) is 11.6 Å². The maximum absolute atomic E-state index is 10.5. The van der Waals surface area contributed by atoms with Crippen molar-refractivity contribution in [1.82, 2.24) is 0 Å². The number of thioether (sulfide) groups is 1. The van der Waals surface area contributed by atoms with Crippen LogP contribution in [-0.2, 0) is 0 Å². The minimum Gasteiger partial charge on any atom is -0.258 e. The fraction of sp³-hybridized carbons (Fsp3) is 0.125. The highest BCUT2D eigenvalue weighted by Gasteiger charge is 2.15. The van der Waals surface area contributed by atoms with Crippen LogP contribution in [-0.4, -0.2) is 11.2 Å². The van der Waals surface area contributed by atoms with E-state index in [4.69, 9.17) is 5.26 Å². The van der Waals surface area contributed by atoms with E-state index in [1.165, 1.54) is 17.8 Å². The van der Waals surface area contributed by atoms with Gasteiger partial charge < -0.3 is 0 Å². The molecule has 66 valence electrons. The lowest BCUT2D eigenvalue weighted by Gasteiger charge is -1.99. The first kappa shape index (κ1) is 9.55. The van der Waals surface area contributed by atoms with Gasteiger partial charge in [0.05, 0.1) is 4.92 Å². The molecule has 4 nitrogen and oxygen atoms in total. The fourth-order valence-electron chi connectivity index (χ4n) is 0.954. The Labute approximate surface area is 79.3 Å². The number of rotatable bonds is 2. The highest BCUT2D eigenvalue weighted by atomic mass is 32.2. The zero-order valence-electron chi connectivity index (χ0n) is 6.85. The summed E-state index contributed by atoms with van der Waals surface area (Å²) in [6.45, 7) is 0. The van der Waals surface area contributed by atoms with Gasteiger partial charge in [0, 0.05) is 11.0 Å². The maximum Gasteiger partial charge on any atom is 0.288 e. The van der Waals surface area contributed by atoms with Crippen molar-refractivity contribution in [2.45, 2.75) is 4.90 Å². The average Bonchev–Trinajstić information content (AvgIpc) is 2.16. The van der Waals surface area contributed by atoms with Gasteiger partial charge in [-0.2, -0.15) is 5.26 Å². The lowest BCUT2D eigenvalue weighted by Crippen LogP contribution is -1.93. The Morgan fingerprint density at radius 3 is 2.77 bits per heavy atom. The number of nitro benzene ring substituents is 1. The van der Waals surface area contributed by atoms with E-state index in [1.807, 2.05) is 6.07 Å². The molecule has 0 amide bonds. The second-order valence-electron chi connectivity index (χ2n) is 2.22. The fourth-order valence-corrected chi connectivity index (χ4v) is 1.52. The standard InChI is InChI=1S/C8H6N2O2S/c1-13-8-4-2-3-7(10(11)12)6(8)5-9/h2-4H,1H3. The molecule has 0 saturated heterocycles. The lowest BCUT2D eigenvalue weighted by molar-refractivity contribution is -0.385. The third-order valence-electron chi connectivity index (χ3n) is 1.53. The Morgan fingerprint density at radius 2 is 2.31 bits per heavy atom. The van der Waals surface area contributed by atoms with Crippen molar-refractivity contribution in [3.05, 3.63) is 33.9 Å². The number of benzene rings is 1. The number of nitriles is 1. The van der Waals surface area contributed by atoms with Crippen molar-refractivity contribution in [1.29, 1.82) is 5.26 Å². The topological polar surface area (TPSA) is 66.9 Å². The summed E-state index contributed by atoms with van der Waals surface area (Å²) in [5, 5.41) is 19.2. The van der Waals surface area contributed by atoms with Gasteiger partial charge in [-0.05, 0) is 12.3 Å². The minimum atomic E-state index is -0.543. The molecule has 0 bridgehead atoms. The Hall–Kier alpha value is -1.54. The predicted molar refractivity (Wildman–Crippen MR) is 49.6 cm³/mol. The van der Waals surface area contributed by atoms with Crippen molar-refractivity contribution < 1.29 is 4.92 Å². The van der Waals surface area contributed by atoms with Crippen LogP contribution in [0.25, 0.3) is 0 Å². The van der Waals surface area contributed by atoms with Crippen molar-refractivity contribution in [2.24, 2.45) is 0 Å². The van der Waals surface area contributed by atoms with Crippen molar-refractivity contribution >= 4 is 17.4 Å². The Kier molecular flexibility index (Phi) is 2.88. The highest BCUT2D eigenvalue weighted by molar-refractivity contribution is 7.98. The Morgan fingerprint density at radius 1 is 1.62 bits per heavy atom. The molecule has 0 aliphatic rings. The molecule has 0 aliphatic carbocycles. The summed E-state index contributed by atoms with van der Waals surface area (Å²) in [4.78, 5) is 10.6. The van der Waals surface area contributed by atoms with Crippen molar-refractivity contribution in [2.75, 3.05) is 6.26 Å². The minimum absolute atomic E-state index is 0.130. The van der Waals surface area contributed by atoms with Gasteiger partial charge in [-0.25, -0.2) is 0 Å². The Bertz CT molecular complexity index is 384. The first-order chi connectivity index (χ1) is 6.20. The predicted octanol–water partition coefficient (Wildman–Crippen LogP) is 2.19. The van der Waals surface area contributed by atoms with Crippen LogP contribution in [0.3, 0.4) is 0 Å². The summed E-state index contributed by atoms with van der Waals surface area (Å²) >= 11 is 1.32. The molecule has 0 spiro atoms. The van der Waals surface area contributed by atoms with E-state index in [2.05, 4.69) is 0 Å². The summed E-state index contributed by atoms with van der Waals surface area (Å²) in [5.74, 6) is 0. The molecule has 0 aromatic heterocycles. The quantitative estimate of drug-likeness (QED) is 0.411. The number of hydrogen-bond acceptors (Lipinski definition) is 4. The third kappa shape index (κ3) is 1.79. The van der Waals surface area contributed by atoms with E-state index in [0.29, 0.717) is 4.90 Å². The Balaban J connectivity index is 3.38. The molecule has 0 radical (unpaired) electrons. The van der Waals surface area contributed by atoms with Gasteiger partial charge in [-0.3, -0.25) is 10.1 Å². The van der Waals surface area contributed by atoms with E-state index in [9.17, 15) is 10.1 Å². The molecule has 0 heterocycles. The van der Waals surface area contributed by atoms with E-state index < -0.39 is 4.92 Å². The van der Waals surface area contributed by atoms with Crippen molar-refractivity contribution in [3.63, 3.8) is 0 Å². The molecular weight excluding hydrogens is 188 g/mol. The normalized spacial score (nSPS) is 9.23. The maximum atomic E-state index is 10.5. The van der Waals surface area contributed by atoms with Gasteiger partial charge in [0.15, 0.2) is 0 Å². The molecule has 0 unspecified atom stereocenters. The van der Waals surface area contributed by atoms with Crippen LogP contribution in [0.4, 0.5) is 5.69 Å². The van der Waals surface area contributed by atoms with Crippen LogP contribution in [0, 0.1) is 21.4 Å². The molecule has 0 aliphatic heterocycles. The molecule has 0 saturated carbocycles. The van der Waals surface area contributed by atoms with E-state index in [1.54, 1.807) is 18.4 Å². The zero-order valence-corrected chi connectivity index (χ0v) is 7.67. The number of hydrogen-bond donors (Lipinski definition) is 0. The summed E-state index contributed by atoms with van der Waals surface area (Å²) in [7, 11) is 0. The molecule has 1 aromatic carbocycles. The summed E-state index contributed by atoms with van der Waals surface area (Å²) in [6.07, 6.45) is 1.78. The SMILES string of the molecule is CSc1cccc([N+](=O)[O-])c1C#N. The van der Waals surface area contributed by atoms with Crippen LogP contribution in [0.15, 0.2) is 23.1 Å². The van der Waals surface area contributed by atoms with Gasteiger partial charge in [-0.1, -0.05) is 6.07 Å². The molecule has 0 atom stereocenters. The first-order valence-electron chi connectivity index (χ1n) is 3.42. The van der Waals surface area contributed by atoms with Crippen LogP contribution in [0.2, 0.25) is 0 Å². The molecule has 0 N–H and O–H groups in total. The number of nitro groups is 1. The third-order valence-corrected chi connectivity index (χ3v) is 2.31. The average molecular weight is 194 g/mol. The first-order valence-corrected chi connectivity index (χ1v) is 4.64. The van der Waals surface area contributed by atoms with Gasteiger partial charge in [-0.15, -0.1) is 11.8 Å². The van der Waals surface area contributed by atoms with E-state index in [-0.39, 0.29) is 11.3 Å². The summed E-state index contributed by atoms with van der Waals surface area (Å²) in [6, 6.07) is 6.43. The van der Waals surface area contributed by atoms with Crippen LogP contribution in [0.1, 0.15) is 5.56 Å². The van der Waals surface area contributed by atoms with Gasteiger partial charge >= 0.3 is 0 Å². The van der Waals surface area contributed by atoms with Crippen LogP contribution < -0.4 is 0 Å². The lowest BCUT2D eigenvalue weighted by atomic mass is 10.2. The largest absolute Gasteiger partial charge is 0.288 e. The van der Waals surface area contributed by atoms with Crippen molar-refractivity contribution in [3.8, 4) is 6.07 Å². The molecule has 0 fully saturated rings. The van der Waals surface area contributed by atoms with E-state index >= 15 is 0 Å². The van der Waals surface area contributed by atoms with E-state index in [0.717, 1.165) is 0 Å². The highest BCUT2D eigenvalue weighted by Crippen LogP contribution is 2.27. The summed E-state index contributed by atoms with van der Waals surface area (Å²) < 4.78 is 0. The number of nitrogens with zero attached hydrogens (tertiary/aromatic N) is 2. The van der Waals surface area contributed by atoms with Crippen LogP contribution in [0.5, 0.6) is 0 Å². The molecule has 13 heavy (non-hydrogen) atoms. The second-order valence-corrected chi connectivity index (χ2v) is 3.07. The summed E-state index contributed by atoms with van der Waals surface area (Å²) in [5.41, 5.74) is 0.00866. The molecule has 1 rings (SSSR count). The van der Waals surface area contributed by atoms with Gasteiger partial charge in [0.2, 0.25) is 0 Å². The zero-order chi connectivity index (χ0) is 9.84. The molecular formula is C8H6N2O2S. The molecule has 1 aromatic rings. The van der Waals surface area contributed by atoms with Crippen LogP contribution >= 0.6 is 11.8 Å². The smallest absolute Gasteiger partial charge is 0.258 e. The monoisotopic (exact) mass is 194 g/mol. The second kappa shape index (κ2) is 3.92. The van der Waals surface area contributed by atoms with Gasteiger partial charge in [0.25, 0.3) is 5.69 Å².